The largest absolute Gasteiger partial charge is 0.456 e. The van der Waals surface area contributed by atoms with Gasteiger partial charge < -0.3 is 19.8 Å². The highest BCUT2D eigenvalue weighted by Crippen LogP contribution is 2.33. The summed E-state index contributed by atoms with van der Waals surface area (Å²) in [5, 5.41) is 8.48. The molecule has 0 aliphatic rings. The first kappa shape index (κ1) is 22.0. The number of terminal acetylenes is 1. The topological polar surface area (TPSA) is 76.4 Å². The lowest BCUT2D eigenvalue weighted by Gasteiger charge is -2.21. The maximum absolute atomic E-state index is 12.0. The molecule has 0 saturated heterocycles. The van der Waals surface area contributed by atoms with E-state index in [1.807, 2.05) is 45.2 Å². The van der Waals surface area contributed by atoms with Gasteiger partial charge in [-0.3, -0.25) is 0 Å². The molecular formula is C22H24ClN3O3S. The molecule has 0 spiro atoms. The van der Waals surface area contributed by atoms with Crippen LogP contribution in [-0.2, 0) is 17.7 Å². The van der Waals surface area contributed by atoms with Crippen LogP contribution in [0.25, 0.3) is 11.1 Å². The van der Waals surface area contributed by atoms with Gasteiger partial charge in [0.15, 0.2) is 5.58 Å². The van der Waals surface area contributed by atoms with Crippen molar-refractivity contribution in [2.45, 2.75) is 52.3 Å². The number of nitrogens with one attached hydrogen (secondary N) is 2. The lowest BCUT2D eigenvalue weighted by Crippen LogP contribution is -2.38. The molecule has 6 nitrogen and oxygen atoms in total. The molecule has 30 heavy (non-hydrogen) atoms. The fourth-order valence-electron chi connectivity index (χ4n) is 2.94. The number of fused-ring (bicyclic) bond motifs is 1. The Morgan fingerprint density at radius 2 is 2.23 bits per heavy atom. The van der Waals surface area contributed by atoms with Crippen molar-refractivity contribution in [3.63, 3.8) is 0 Å². The number of furan rings is 1. The summed E-state index contributed by atoms with van der Waals surface area (Å²) in [7, 11) is 0. The summed E-state index contributed by atoms with van der Waals surface area (Å²) in [5.41, 5.74) is 1.75. The van der Waals surface area contributed by atoms with Crippen molar-refractivity contribution in [2.24, 2.45) is 0 Å². The number of amides is 1. The van der Waals surface area contributed by atoms with E-state index in [-0.39, 0.29) is 6.04 Å². The van der Waals surface area contributed by atoms with Gasteiger partial charge in [-0.2, -0.15) is 0 Å². The van der Waals surface area contributed by atoms with Crippen molar-refractivity contribution in [2.75, 3.05) is 5.32 Å². The number of anilines is 1. The number of aromatic nitrogens is 1. The fourth-order valence-corrected chi connectivity index (χ4v) is 3.78. The van der Waals surface area contributed by atoms with Crippen LogP contribution in [0.4, 0.5) is 10.5 Å². The zero-order valence-corrected chi connectivity index (χ0v) is 18.9. The Morgan fingerprint density at radius 1 is 1.47 bits per heavy atom. The van der Waals surface area contributed by atoms with Gasteiger partial charge in [0.05, 0.1) is 11.3 Å². The molecule has 3 aromatic rings. The molecule has 1 amide bonds. The number of alkyl carbamates (subject to hydrolysis) is 1. The van der Waals surface area contributed by atoms with Crippen LogP contribution >= 0.6 is 22.9 Å². The van der Waals surface area contributed by atoms with Gasteiger partial charge in [-0.05, 0) is 39.1 Å². The maximum atomic E-state index is 12.0. The van der Waals surface area contributed by atoms with E-state index in [4.69, 9.17) is 27.2 Å². The molecule has 2 N–H and O–H groups in total. The molecule has 3 aromatic heterocycles. The van der Waals surface area contributed by atoms with Crippen molar-refractivity contribution in [3.8, 4) is 12.3 Å². The molecule has 1 unspecified atom stereocenters. The van der Waals surface area contributed by atoms with E-state index in [9.17, 15) is 4.79 Å². The number of ether oxygens (including phenoxy) is 1. The summed E-state index contributed by atoms with van der Waals surface area (Å²) < 4.78 is 11.4. The summed E-state index contributed by atoms with van der Waals surface area (Å²) in [6.45, 7) is 7.92. The summed E-state index contributed by atoms with van der Waals surface area (Å²) in [5.74, 6) is 3.22. The molecule has 0 aromatic carbocycles. The van der Waals surface area contributed by atoms with Gasteiger partial charge in [0.1, 0.15) is 22.0 Å². The van der Waals surface area contributed by atoms with E-state index in [1.165, 1.54) is 4.88 Å². The molecule has 0 bridgehead atoms. The SMILES string of the molecule is C#Cc1c(CC(C)NC(=O)OC(C)(C)C)oc2c(NCc3cccs3)cc(Cl)nc12. The predicted octanol–water partition coefficient (Wildman–Crippen LogP) is 5.59. The Balaban J connectivity index is 1.83. The van der Waals surface area contributed by atoms with E-state index in [2.05, 4.69) is 21.5 Å². The van der Waals surface area contributed by atoms with E-state index in [1.54, 1.807) is 17.4 Å². The lowest BCUT2D eigenvalue weighted by atomic mass is 10.1. The van der Waals surface area contributed by atoms with Crippen molar-refractivity contribution in [1.29, 1.82) is 0 Å². The Morgan fingerprint density at radius 3 is 2.87 bits per heavy atom. The van der Waals surface area contributed by atoms with Gasteiger partial charge >= 0.3 is 6.09 Å². The highest BCUT2D eigenvalue weighted by atomic mass is 35.5. The van der Waals surface area contributed by atoms with Crippen LogP contribution in [0.2, 0.25) is 5.15 Å². The molecule has 158 valence electrons. The normalized spacial score (nSPS) is 12.4. The zero-order valence-electron chi connectivity index (χ0n) is 17.3. The minimum atomic E-state index is -0.572. The van der Waals surface area contributed by atoms with E-state index in [0.29, 0.717) is 46.2 Å². The number of pyridine rings is 1. The van der Waals surface area contributed by atoms with Crippen molar-refractivity contribution in [3.05, 3.63) is 44.9 Å². The Labute approximate surface area is 185 Å². The molecule has 0 fully saturated rings. The highest BCUT2D eigenvalue weighted by molar-refractivity contribution is 7.09. The van der Waals surface area contributed by atoms with Crippen molar-refractivity contribution < 1.29 is 13.9 Å². The van der Waals surface area contributed by atoms with Crippen LogP contribution < -0.4 is 10.6 Å². The predicted molar refractivity (Wildman–Crippen MR) is 121 cm³/mol. The Bertz CT molecular complexity index is 1080. The van der Waals surface area contributed by atoms with E-state index >= 15 is 0 Å². The Kier molecular flexibility index (Phi) is 6.59. The molecule has 0 aliphatic heterocycles. The molecule has 0 radical (unpaired) electrons. The number of hydrogen-bond donors (Lipinski definition) is 2. The van der Waals surface area contributed by atoms with E-state index < -0.39 is 11.7 Å². The van der Waals surface area contributed by atoms with Crippen LogP contribution in [-0.4, -0.2) is 22.7 Å². The van der Waals surface area contributed by atoms with Crippen LogP contribution in [0.15, 0.2) is 28.0 Å². The van der Waals surface area contributed by atoms with Gasteiger partial charge in [-0.25, -0.2) is 9.78 Å². The van der Waals surface area contributed by atoms with Crippen molar-refractivity contribution in [1.82, 2.24) is 10.3 Å². The molecule has 0 aliphatic carbocycles. The molecule has 8 heteroatoms. The van der Waals surface area contributed by atoms with Crippen LogP contribution in [0.5, 0.6) is 0 Å². The van der Waals surface area contributed by atoms with Gasteiger partial charge in [-0.15, -0.1) is 17.8 Å². The number of carbonyl (C=O) groups excluding carboxylic acids is 1. The zero-order chi connectivity index (χ0) is 21.9. The lowest BCUT2D eigenvalue weighted by molar-refractivity contribution is 0.0507. The summed E-state index contributed by atoms with van der Waals surface area (Å²) >= 11 is 7.88. The average molecular weight is 446 g/mol. The number of carbonyl (C=O) groups is 1. The maximum Gasteiger partial charge on any atom is 0.407 e. The second kappa shape index (κ2) is 8.99. The first-order valence-corrected chi connectivity index (χ1v) is 10.8. The van der Waals surface area contributed by atoms with Gasteiger partial charge in [-0.1, -0.05) is 23.6 Å². The molecule has 0 saturated carbocycles. The van der Waals surface area contributed by atoms with Crippen molar-refractivity contribution >= 4 is 45.8 Å². The number of rotatable bonds is 6. The summed E-state index contributed by atoms with van der Waals surface area (Å²) in [6, 6.07) is 5.50. The number of nitrogens with zero attached hydrogens (tertiary/aromatic N) is 1. The van der Waals surface area contributed by atoms with Gasteiger partial charge in [0, 0.05) is 30.0 Å². The molecule has 3 heterocycles. The van der Waals surface area contributed by atoms with E-state index in [0.717, 1.165) is 0 Å². The average Bonchev–Trinajstić information content (AvgIpc) is 3.25. The highest BCUT2D eigenvalue weighted by Gasteiger charge is 2.22. The third-order valence-corrected chi connectivity index (χ3v) is 5.18. The van der Waals surface area contributed by atoms with Crippen LogP contribution in [0.3, 0.4) is 0 Å². The minimum Gasteiger partial charge on any atom is -0.456 e. The number of thiophene rings is 1. The molecule has 3 rings (SSSR count). The number of halogens is 1. The van der Waals surface area contributed by atoms with Crippen LogP contribution in [0.1, 0.15) is 43.9 Å². The van der Waals surface area contributed by atoms with Gasteiger partial charge in [0.25, 0.3) is 0 Å². The second-order valence-corrected chi connectivity index (χ2v) is 9.32. The first-order chi connectivity index (χ1) is 14.2. The monoisotopic (exact) mass is 445 g/mol. The minimum absolute atomic E-state index is 0.259. The molecular weight excluding hydrogens is 422 g/mol. The standard InChI is InChI=1S/C22H24ClN3O3S/c1-6-15-17(10-13(2)25-21(27)29-22(3,4)5)28-20-16(11-18(23)26-19(15)20)24-12-14-8-7-9-30-14/h1,7-9,11,13H,10,12H2,2-5H3,(H,24,26)(H,25,27). The fraction of sp³-hybridized carbons (Fsp3) is 0.364. The second-order valence-electron chi connectivity index (χ2n) is 7.90. The quantitative estimate of drug-likeness (QED) is 0.382. The third-order valence-electron chi connectivity index (χ3n) is 4.11. The first-order valence-electron chi connectivity index (χ1n) is 9.50. The smallest absolute Gasteiger partial charge is 0.407 e. The third kappa shape index (κ3) is 5.47. The number of hydrogen-bond acceptors (Lipinski definition) is 6. The van der Waals surface area contributed by atoms with Gasteiger partial charge in [0.2, 0.25) is 0 Å². The Hall–Kier alpha value is -2.69. The summed E-state index contributed by atoms with van der Waals surface area (Å²) in [6.07, 6.45) is 5.64. The molecule has 1 atom stereocenters. The van der Waals surface area contributed by atoms with Crippen LogP contribution in [0, 0.1) is 12.3 Å². The summed E-state index contributed by atoms with van der Waals surface area (Å²) in [4.78, 5) is 17.6.